The van der Waals surface area contributed by atoms with Gasteiger partial charge in [-0.1, -0.05) is 12.1 Å². The van der Waals surface area contributed by atoms with Gasteiger partial charge in [0.1, 0.15) is 11.6 Å². The molecule has 0 aliphatic carbocycles. The van der Waals surface area contributed by atoms with Crippen molar-refractivity contribution in [3.05, 3.63) is 63.9 Å². The minimum Gasteiger partial charge on any atom is -0.494 e. The van der Waals surface area contributed by atoms with Crippen LogP contribution in [0.25, 0.3) is 0 Å². The smallest absolute Gasteiger partial charge is 0.255 e. The van der Waals surface area contributed by atoms with E-state index in [0.717, 1.165) is 25.4 Å². The molecule has 26 heavy (non-hydrogen) atoms. The number of halogens is 2. The van der Waals surface area contributed by atoms with Crippen molar-refractivity contribution in [3.63, 3.8) is 0 Å². The fourth-order valence-electron chi connectivity index (χ4n) is 3.06. The first-order valence-electron chi connectivity index (χ1n) is 8.75. The van der Waals surface area contributed by atoms with Crippen LogP contribution in [0.15, 0.2) is 46.9 Å². The number of nitrogens with zero attached hydrogens (tertiary/aromatic N) is 2. The summed E-state index contributed by atoms with van der Waals surface area (Å²) in [5.74, 6) is 0.357. The molecule has 0 spiro atoms. The Morgan fingerprint density at radius 2 is 1.81 bits per heavy atom. The summed E-state index contributed by atoms with van der Waals surface area (Å²) in [7, 11) is 0. The molecule has 0 saturated carbocycles. The SMILES string of the molecule is CCOc1ccc(CN2CCN(C(=O)c3cc(F)ccc3Br)CC2)cc1. The number of ether oxygens (including phenoxy) is 1. The van der Waals surface area contributed by atoms with Crippen LogP contribution >= 0.6 is 15.9 Å². The summed E-state index contributed by atoms with van der Waals surface area (Å²) in [6.07, 6.45) is 0. The molecule has 1 fully saturated rings. The number of piperazine rings is 1. The Hall–Kier alpha value is -1.92. The third-order valence-electron chi connectivity index (χ3n) is 4.46. The Kier molecular flexibility index (Phi) is 6.27. The second-order valence-corrected chi connectivity index (χ2v) is 7.12. The molecule has 0 bridgehead atoms. The maximum atomic E-state index is 13.4. The zero-order chi connectivity index (χ0) is 18.5. The summed E-state index contributed by atoms with van der Waals surface area (Å²) in [6.45, 7) is 6.35. The van der Waals surface area contributed by atoms with Crippen molar-refractivity contribution in [3.8, 4) is 5.75 Å². The fraction of sp³-hybridized carbons (Fsp3) is 0.350. The molecule has 1 aliphatic heterocycles. The van der Waals surface area contributed by atoms with Crippen LogP contribution in [0.5, 0.6) is 5.75 Å². The minimum absolute atomic E-state index is 0.128. The van der Waals surface area contributed by atoms with Gasteiger partial charge in [0.25, 0.3) is 5.91 Å². The molecule has 0 atom stereocenters. The van der Waals surface area contributed by atoms with Crippen molar-refractivity contribution < 1.29 is 13.9 Å². The van der Waals surface area contributed by atoms with Crippen molar-refractivity contribution in [2.45, 2.75) is 13.5 Å². The van der Waals surface area contributed by atoms with Crippen LogP contribution < -0.4 is 4.74 Å². The van der Waals surface area contributed by atoms with Crippen molar-refractivity contribution in [1.82, 2.24) is 9.80 Å². The maximum Gasteiger partial charge on any atom is 0.255 e. The van der Waals surface area contributed by atoms with Crippen molar-refractivity contribution in [1.29, 1.82) is 0 Å². The molecule has 1 amide bonds. The molecule has 2 aromatic rings. The van der Waals surface area contributed by atoms with Gasteiger partial charge in [-0.25, -0.2) is 4.39 Å². The zero-order valence-electron chi connectivity index (χ0n) is 14.8. The standard InChI is InChI=1S/C20H22BrFN2O2/c1-2-26-17-6-3-15(4-7-17)14-23-9-11-24(12-10-23)20(25)18-13-16(22)5-8-19(18)21/h3-8,13H,2,9-12,14H2,1H3. The van der Waals surface area contributed by atoms with E-state index in [1.165, 1.54) is 17.7 Å². The van der Waals surface area contributed by atoms with E-state index in [1.54, 1.807) is 11.0 Å². The highest BCUT2D eigenvalue weighted by molar-refractivity contribution is 9.10. The van der Waals surface area contributed by atoms with Gasteiger partial charge in [0.05, 0.1) is 12.2 Å². The van der Waals surface area contributed by atoms with Crippen molar-refractivity contribution in [2.24, 2.45) is 0 Å². The molecule has 1 aliphatic rings. The topological polar surface area (TPSA) is 32.8 Å². The van der Waals surface area contributed by atoms with E-state index in [4.69, 9.17) is 4.74 Å². The lowest BCUT2D eigenvalue weighted by Crippen LogP contribution is -2.48. The summed E-state index contributed by atoms with van der Waals surface area (Å²) < 4.78 is 19.5. The molecule has 0 unspecified atom stereocenters. The minimum atomic E-state index is -0.398. The highest BCUT2D eigenvalue weighted by Gasteiger charge is 2.23. The van der Waals surface area contributed by atoms with E-state index >= 15 is 0 Å². The summed E-state index contributed by atoms with van der Waals surface area (Å²) in [5, 5.41) is 0. The quantitative estimate of drug-likeness (QED) is 0.733. The monoisotopic (exact) mass is 420 g/mol. The van der Waals surface area contributed by atoms with Crippen LogP contribution in [-0.4, -0.2) is 48.5 Å². The van der Waals surface area contributed by atoms with E-state index in [9.17, 15) is 9.18 Å². The summed E-state index contributed by atoms with van der Waals surface area (Å²) >= 11 is 3.34. The first-order valence-corrected chi connectivity index (χ1v) is 9.54. The zero-order valence-corrected chi connectivity index (χ0v) is 16.3. The molecular formula is C20H22BrFN2O2. The van der Waals surface area contributed by atoms with Gasteiger partial charge in [-0.2, -0.15) is 0 Å². The largest absolute Gasteiger partial charge is 0.494 e. The van der Waals surface area contributed by atoms with Crippen molar-refractivity contribution in [2.75, 3.05) is 32.8 Å². The second-order valence-electron chi connectivity index (χ2n) is 6.27. The number of benzene rings is 2. The Labute approximate surface area is 161 Å². The van der Waals surface area contributed by atoms with Gasteiger partial charge in [0.2, 0.25) is 0 Å². The summed E-state index contributed by atoms with van der Waals surface area (Å²) in [5.41, 5.74) is 1.60. The maximum absolute atomic E-state index is 13.4. The van der Waals surface area contributed by atoms with E-state index in [0.29, 0.717) is 29.7 Å². The Balaban J connectivity index is 1.55. The Morgan fingerprint density at radius 1 is 1.12 bits per heavy atom. The van der Waals surface area contributed by atoms with Crippen molar-refractivity contribution >= 4 is 21.8 Å². The molecule has 6 heteroatoms. The summed E-state index contributed by atoms with van der Waals surface area (Å²) in [6, 6.07) is 12.3. The molecule has 3 rings (SSSR count). The number of hydrogen-bond acceptors (Lipinski definition) is 3. The number of amides is 1. The lowest BCUT2D eigenvalue weighted by atomic mass is 10.1. The summed E-state index contributed by atoms with van der Waals surface area (Å²) in [4.78, 5) is 16.7. The molecule has 1 saturated heterocycles. The van der Waals surface area contributed by atoms with Gasteiger partial charge in [0.15, 0.2) is 0 Å². The number of carbonyl (C=O) groups is 1. The fourth-order valence-corrected chi connectivity index (χ4v) is 3.47. The molecule has 0 N–H and O–H groups in total. The van der Waals surface area contributed by atoms with Gasteiger partial charge in [0, 0.05) is 37.2 Å². The average molecular weight is 421 g/mol. The van der Waals surface area contributed by atoms with Gasteiger partial charge in [-0.3, -0.25) is 9.69 Å². The van der Waals surface area contributed by atoms with E-state index < -0.39 is 5.82 Å². The number of hydrogen-bond donors (Lipinski definition) is 0. The van der Waals surface area contributed by atoms with Crippen LogP contribution in [-0.2, 0) is 6.54 Å². The average Bonchev–Trinajstić information content (AvgIpc) is 2.66. The van der Waals surface area contributed by atoms with Crippen LogP contribution in [0.3, 0.4) is 0 Å². The van der Waals surface area contributed by atoms with Crippen LogP contribution in [0, 0.1) is 5.82 Å². The first kappa shape index (κ1) is 18.9. The lowest BCUT2D eigenvalue weighted by molar-refractivity contribution is 0.0627. The normalized spacial score (nSPS) is 15.1. The molecule has 0 radical (unpaired) electrons. The highest BCUT2D eigenvalue weighted by Crippen LogP contribution is 2.21. The first-order chi connectivity index (χ1) is 12.6. The van der Waals surface area contributed by atoms with Gasteiger partial charge >= 0.3 is 0 Å². The molecule has 138 valence electrons. The lowest BCUT2D eigenvalue weighted by Gasteiger charge is -2.35. The second kappa shape index (κ2) is 8.64. The molecular weight excluding hydrogens is 399 g/mol. The Morgan fingerprint density at radius 3 is 2.46 bits per heavy atom. The molecule has 2 aromatic carbocycles. The molecule has 4 nitrogen and oxygen atoms in total. The Bertz CT molecular complexity index is 759. The third kappa shape index (κ3) is 4.62. The molecule has 1 heterocycles. The predicted molar refractivity (Wildman–Crippen MR) is 103 cm³/mol. The van der Waals surface area contributed by atoms with E-state index in [2.05, 4.69) is 33.0 Å². The van der Waals surface area contributed by atoms with Gasteiger partial charge in [-0.05, 0) is 58.7 Å². The van der Waals surface area contributed by atoms with E-state index in [-0.39, 0.29) is 5.91 Å². The van der Waals surface area contributed by atoms with Crippen LogP contribution in [0.1, 0.15) is 22.8 Å². The molecule has 0 aromatic heterocycles. The van der Waals surface area contributed by atoms with E-state index in [1.807, 2.05) is 19.1 Å². The number of rotatable bonds is 5. The van der Waals surface area contributed by atoms with Crippen LogP contribution in [0.4, 0.5) is 4.39 Å². The number of carbonyl (C=O) groups excluding carboxylic acids is 1. The van der Waals surface area contributed by atoms with Gasteiger partial charge < -0.3 is 9.64 Å². The third-order valence-corrected chi connectivity index (χ3v) is 5.15. The van der Waals surface area contributed by atoms with Gasteiger partial charge in [-0.15, -0.1) is 0 Å². The predicted octanol–water partition coefficient (Wildman–Crippen LogP) is 3.94. The highest BCUT2D eigenvalue weighted by atomic mass is 79.9. The van der Waals surface area contributed by atoms with Crippen LogP contribution in [0.2, 0.25) is 0 Å².